The molecule has 0 rings (SSSR count). The molecule has 11 heteroatoms. The quantitative estimate of drug-likeness (QED) is 0.139. The normalized spacial score (nSPS) is 12.6. The van der Waals surface area contributed by atoms with Crippen LogP contribution in [-0.2, 0) is 28.8 Å². The second kappa shape index (κ2) is 18.1. The summed E-state index contributed by atoms with van der Waals surface area (Å²) in [7, 11) is 6.69. The van der Waals surface area contributed by atoms with Crippen molar-refractivity contribution in [1.29, 1.82) is 0 Å². The van der Waals surface area contributed by atoms with Gasteiger partial charge in [-0.25, -0.2) is 8.42 Å². The fourth-order valence-corrected chi connectivity index (χ4v) is 1.79. The molecule has 1 amide bonds. The summed E-state index contributed by atoms with van der Waals surface area (Å²) in [5, 5.41) is 11.9. The molecule has 0 aliphatic rings. The van der Waals surface area contributed by atoms with E-state index in [0.29, 0.717) is 12.9 Å². The standard InChI is InChI=1S/C12H26N2O.C9H19NO2.CH4O4S/c1-7-12(2,3)11(15)13-9-8-10-14(4,5)6;1-5-8(2)9(11)12-7-6-10(3)4;1-6(3,4)5-2/h7-10H2,1-6H3;8H,5-7H2,1-4H3;2H,1H3. The number of rotatable bonds is 12. The summed E-state index contributed by atoms with van der Waals surface area (Å²) in [4.78, 5) is 24.8. The van der Waals surface area contributed by atoms with Crippen molar-refractivity contribution in [2.24, 2.45) is 11.3 Å². The van der Waals surface area contributed by atoms with Crippen molar-refractivity contribution in [1.82, 2.24) is 10.2 Å². The Bertz CT molecular complexity index is 630. The number of likely N-dealkylation sites (N-methyl/N-ethyl adjacent to an activating group) is 1. The number of quaternary nitrogens is 1. The van der Waals surface area contributed by atoms with E-state index in [0.717, 1.165) is 43.4 Å². The van der Waals surface area contributed by atoms with Crippen LogP contribution in [0.4, 0.5) is 0 Å². The highest BCUT2D eigenvalue weighted by Crippen LogP contribution is 2.19. The highest BCUT2D eigenvalue weighted by molar-refractivity contribution is 7.85. The lowest BCUT2D eigenvalue weighted by Crippen LogP contribution is -2.40. The Labute approximate surface area is 202 Å². The lowest BCUT2D eigenvalue weighted by atomic mass is 9.89. The number of nitrogens with one attached hydrogen (secondary N) is 1. The summed E-state index contributed by atoms with van der Waals surface area (Å²) in [5.41, 5.74) is -0.226. The van der Waals surface area contributed by atoms with E-state index in [1.54, 1.807) is 0 Å². The number of nitrogens with zero attached hydrogens (tertiary/aromatic N) is 2. The van der Waals surface area contributed by atoms with Gasteiger partial charge < -0.3 is 29.0 Å². The van der Waals surface area contributed by atoms with Gasteiger partial charge in [0.15, 0.2) is 0 Å². The lowest BCUT2D eigenvalue weighted by molar-refractivity contribution is -0.870. The molecule has 0 fully saturated rings. The average molecular weight is 500 g/mol. The number of carbonyl (C=O) groups is 2. The van der Waals surface area contributed by atoms with Crippen LogP contribution in [0.1, 0.15) is 53.9 Å². The zero-order chi connectivity index (χ0) is 26.9. The first-order valence-electron chi connectivity index (χ1n) is 11.2. The molecule has 33 heavy (non-hydrogen) atoms. The number of amides is 1. The predicted octanol–water partition coefficient (Wildman–Crippen LogP) is 1.01. The number of hydrogen-bond acceptors (Lipinski definition) is 8. The van der Waals surface area contributed by atoms with Crippen LogP contribution in [-0.4, -0.2) is 97.4 Å². The molecule has 0 aromatic rings. The molecule has 0 aliphatic heterocycles. The molecule has 200 valence electrons. The minimum Gasteiger partial charge on any atom is -0.707 e. The Kier molecular flexibility index (Phi) is 19.9. The topological polar surface area (TPSA) is 125 Å². The molecule has 1 atom stereocenters. The van der Waals surface area contributed by atoms with Crippen molar-refractivity contribution in [3.63, 3.8) is 0 Å². The van der Waals surface area contributed by atoms with Crippen LogP contribution in [0.2, 0.25) is 0 Å². The monoisotopic (exact) mass is 499 g/mol. The Morgan fingerprint density at radius 3 is 1.97 bits per heavy atom. The van der Waals surface area contributed by atoms with Gasteiger partial charge in [0, 0.05) is 24.9 Å². The van der Waals surface area contributed by atoms with E-state index in [9.17, 15) is 18.0 Å². The maximum Gasteiger partial charge on any atom is 0.308 e. The Morgan fingerprint density at radius 2 is 1.64 bits per heavy atom. The van der Waals surface area contributed by atoms with E-state index < -0.39 is 10.1 Å². The smallest absolute Gasteiger partial charge is 0.308 e. The third-order valence-corrected chi connectivity index (χ3v) is 4.96. The molecule has 1 unspecified atom stereocenters. The average Bonchev–Trinajstić information content (AvgIpc) is 2.69. The zero-order valence-corrected chi connectivity index (χ0v) is 23.5. The summed E-state index contributed by atoms with van der Waals surface area (Å²) in [6.45, 7) is 13.1. The zero-order valence-electron chi connectivity index (χ0n) is 22.7. The maximum absolute atomic E-state index is 11.7. The van der Waals surface area contributed by atoms with Gasteiger partial charge in [-0.15, -0.1) is 0 Å². The Hall–Kier alpha value is -1.27. The van der Waals surface area contributed by atoms with Crippen LogP contribution in [0.15, 0.2) is 0 Å². The summed E-state index contributed by atoms with van der Waals surface area (Å²) < 4.78 is 27.6. The molecular formula is C22H49N3O7S. The van der Waals surface area contributed by atoms with E-state index in [4.69, 9.17) is 9.99 Å². The minimum atomic E-state index is -3.72. The lowest BCUT2D eigenvalue weighted by Gasteiger charge is -2.25. The van der Waals surface area contributed by atoms with Gasteiger partial charge in [0.2, 0.25) is 5.91 Å². The SMILES string of the molecule is CCC(C)(C)C(=O)NCCC[N+](C)(C)C.CCC(C)C(=O)OCCN(C)C.CS(=O)(=O)O[O-]. The first-order valence-corrected chi connectivity index (χ1v) is 13.1. The molecule has 10 nitrogen and oxygen atoms in total. The van der Waals surface area contributed by atoms with Gasteiger partial charge in [0.25, 0.3) is 10.1 Å². The van der Waals surface area contributed by atoms with Crippen molar-refractivity contribution in [3.05, 3.63) is 0 Å². The first-order chi connectivity index (χ1) is 14.8. The summed E-state index contributed by atoms with van der Waals surface area (Å²) >= 11 is 0. The van der Waals surface area contributed by atoms with Crippen LogP contribution in [0.3, 0.4) is 0 Å². The Balaban J connectivity index is -0.000000446. The largest absolute Gasteiger partial charge is 0.707 e. The van der Waals surface area contributed by atoms with E-state index in [2.05, 4.69) is 30.8 Å². The van der Waals surface area contributed by atoms with Gasteiger partial charge in [-0.3, -0.25) is 9.59 Å². The fourth-order valence-electron chi connectivity index (χ4n) is 1.79. The van der Waals surface area contributed by atoms with Crippen LogP contribution < -0.4 is 10.6 Å². The molecule has 0 aromatic carbocycles. The van der Waals surface area contributed by atoms with E-state index in [-0.39, 0.29) is 23.2 Å². The van der Waals surface area contributed by atoms with Crippen LogP contribution in [0.25, 0.3) is 0 Å². The molecule has 0 heterocycles. The molecule has 0 aliphatic carbocycles. The molecule has 0 bridgehead atoms. The van der Waals surface area contributed by atoms with E-state index in [1.807, 2.05) is 53.6 Å². The fraction of sp³-hybridized carbons (Fsp3) is 0.909. The molecular weight excluding hydrogens is 450 g/mol. The second-order valence-electron chi connectivity index (χ2n) is 9.91. The van der Waals surface area contributed by atoms with Gasteiger partial charge in [0.1, 0.15) is 6.61 Å². The number of ether oxygens (including phenoxy) is 1. The van der Waals surface area contributed by atoms with Gasteiger partial charge >= 0.3 is 5.97 Å². The van der Waals surface area contributed by atoms with Crippen molar-refractivity contribution in [2.45, 2.75) is 53.9 Å². The van der Waals surface area contributed by atoms with Gasteiger partial charge in [-0.1, -0.05) is 34.6 Å². The van der Waals surface area contributed by atoms with E-state index >= 15 is 0 Å². The third-order valence-electron chi connectivity index (χ3n) is 4.71. The van der Waals surface area contributed by atoms with Crippen LogP contribution in [0, 0.1) is 11.3 Å². The van der Waals surface area contributed by atoms with Crippen molar-refractivity contribution in [3.8, 4) is 0 Å². The summed E-state index contributed by atoms with van der Waals surface area (Å²) in [6, 6.07) is 0. The number of hydrogen-bond donors (Lipinski definition) is 1. The molecule has 0 spiro atoms. The molecule has 0 aromatic heterocycles. The number of esters is 1. The van der Waals surface area contributed by atoms with Crippen LogP contribution in [0.5, 0.6) is 0 Å². The maximum atomic E-state index is 11.7. The summed E-state index contributed by atoms with van der Waals surface area (Å²) in [6.07, 6.45) is 3.45. The molecule has 1 N–H and O–H groups in total. The molecule has 0 radical (unpaired) electrons. The molecule has 0 saturated carbocycles. The summed E-state index contributed by atoms with van der Waals surface area (Å²) in [5.74, 6) is 0.123. The second-order valence-corrected chi connectivity index (χ2v) is 11.5. The third kappa shape index (κ3) is 26.9. The predicted molar refractivity (Wildman–Crippen MR) is 129 cm³/mol. The minimum absolute atomic E-state index is 0.0344. The van der Waals surface area contributed by atoms with Crippen molar-refractivity contribution < 1.29 is 36.8 Å². The van der Waals surface area contributed by atoms with Gasteiger partial charge in [-0.05, 0) is 26.9 Å². The molecule has 0 saturated heterocycles. The first kappa shape index (κ1) is 36.3. The van der Waals surface area contributed by atoms with Crippen LogP contribution >= 0.6 is 0 Å². The Morgan fingerprint density at radius 1 is 1.15 bits per heavy atom. The van der Waals surface area contributed by atoms with Crippen molar-refractivity contribution in [2.75, 3.05) is 67.7 Å². The number of carbonyl (C=O) groups excluding carboxylic acids is 2. The van der Waals surface area contributed by atoms with E-state index in [1.165, 1.54) is 0 Å². The van der Waals surface area contributed by atoms with Crippen molar-refractivity contribution >= 4 is 22.0 Å². The van der Waals surface area contributed by atoms with Gasteiger partial charge in [-0.2, -0.15) is 0 Å². The highest BCUT2D eigenvalue weighted by Gasteiger charge is 2.24. The highest BCUT2D eigenvalue weighted by atomic mass is 32.2. The van der Waals surface area contributed by atoms with Gasteiger partial charge in [0.05, 0.1) is 39.9 Å².